The van der Waals surface area contributed by atoms with Crippen molar-refractivity contribution in [2.75, 3.05) is 11.9 Å². The molecule has 0 bridgehead atoms. The van der Waals surface area contributed by atoms with Crippen LogP contribution in [-0.4, -0.2) is 17.4 Å². The van der Waals surface area contributed by atoms with Crippen LogP contribution in [0.5, 0.6) is 0 Å². The number of nitrogens with two attached hydrogens (primary N) is 1. The largest absolute Gasteiger partial charge is 0.329 e. The van der Waals surface area contributed by atoms with Gasteiger partial charge in [0.05, 0.1) is 5.41 Å². The summed E-state index contributed by atoms with van der Waals surface area (Å²) in [5, 5.41) is 3.43. The number of hydrogen-bond acceptors (Lipinski definition) is 4. The molecule has 6 heteroatoms. The first-order valence-electron chi connectivity index (χ1n) is 4.96. The van der Waals surface area contributed by atoms with Crippen molar-refractivity contribution in [1.29, 1.82) is 0 Å². The van der Waals surface area contributed by atoms with Gasteiger partial charge in [0.25, 0.3) is 0 Å². The topological polar surface area (TPSA) is 68.0 Å². The average molecular weight is 264 g/mol. The lowest BCUT2D eigenvalue weighted by Gasteiger charge is -2.19. The van der Waals surface area contributed by atoms with Gasteiger partial charge in [0.1, 0.15) is 0 Å². The third-order valence-corrected chi connectivity index (χ3v) is 3.30. The molecule has 0 aliphatic carbocycles. The number of nitrogens with one attached hydrogen (secondary N) is 1. The van der Waals surface area contributed by atoms with Crippen LogP contribution in [0.3, 0.4) is 0 Å². The van der Waals surface area contributed by atoms with Gasteiger partial charge >= 0.3 is 0 Å². The van der Waals surface area contributed by atoms with Crippen LogP contribution in [0.4, 0.5) is 5.13 Å². The first kappa shape index (κ1) is 15.3. The van der Waals surface area contributed by atoms with Gasteiger partial charge in [0.2, 0.25) is 5.91 Å². The van der Waals surface area contributed by atoms with Gasteiger partial charge in [-0.05, 0) is 20.3 Å². The van der Waals surface area contributed by atoms with Crippen molar-refractivity contribution in [3.05, 3.63) is 11.1 Å². The molecule has 4 nitrogen and oxygen atoms in total. The maximum Gasteiger partial charge on any atom is 0.233 e. The number of carbonyl (C=O) groups excluding carboxylic acids is 1. The molecule has 0 atom stereocenters. The van der Waals surface area contributed by atoms with Crippen molar-refractivity contribution in [3.8, 4) is 0 Å². The minimum Gasteiger partial charge on any atom is -0.329 e. The van der Waals surface area contributed by atoms with Gasteiger partial charge in [-0.25, -0.2) is 4.98 Å². The van der Waals surface area contributed by atoms with E-state index < -0.39 is 5.41 Å². The number of aromatic nitrogens is 1. The maximum atomic E-state index is 11.7. The monoisotopic (exact) mass is 263 g/mol. The number of anilines is 1. The zero-order chi connectivity index (χ0) is 11.5. The van der Waals surface area contributed by atoms with Crippen molar-refractivity contribution in [1.82, 2.24) is 4.98 Å². The van der Waals surface area contributed by atoms with Gasteiger partial charge in [-0.1, -0.05) is 6.92 Å². The van der Waals surface area contributed by atoms with E-state index in [9.17, 15) is 4.79 Å². The molecule has 0 saturated heterocycles. The number of halogens is 1. The molecule has 1 aromatic heterocycles. The van der Waals surface area contributed by atoms with Gasteiger partial charge in [-0.3, -0.25) is 4.79 Å². The molecule has 0 radical (unpaired) electrons. The molecular weight excluding hydrogens is 246 g/mol. The summed E-state index contributed by atoms with van der Waals surface area (Å²) in [6.07, 6.45) is 2.73. The van der Waals surface area contributed by atoms with Crippen LogP contribution >= 0.6 is 23.7 Å². The molecular formula is C10H18ClN3OS. The van der Waals surface area contributed by atoms with E-state index in [1.165, 1.54) is 11.3 Å². The normalized spacial score (nSPS) is 10.8. The van der Waals surface area contributed by atoms with Crippen LogP contribution in [0.1, 0.15) is 25.6 Å². The highest BCUT2D eigenvalue weighted by molar-refractivity contribution is 7.15. The summed E-state index contributed by atoms with van der Waals surface area (Å²) in [7, 11) is 0. The minimum absolute atomic E-state index is 0. The number of aryl methyl sites for hydroxylation is 1. The Bertz CT molecular complexity index is 352. The molecule has 0 fully saturated rings. The van der Waals surface area contributed by atoms with Crippen molar-refractivity contribution in [2.45, 2.75) is 27.2 Å². The quantitative estimate of drug-likeness (QED) is 0.874. The summed E-state index contributed by atoms with van der Waals surface area (Å²) >= 11 is 1.50. The zero-order valence-corrected chi connectivity index (χ0v) is 11.4. The van der Waals surface area contributed by atoms with E-state index in [0.29, 0.717) is 11.7 Å². The summed E-state index contributed by atoms with van der Waals surface area (Å²) in [5.74, 6) is -0.0815. The average Bonchev–Trinajstić information content (AvgIpc) is 2.65. The molecule has 0 unspecified atom stereocenters. The van der Waals surface area contributed by atoms with Gasteiger partial charge < -0.3 is 11.1 Å². The lowest BCUT2D eigenvalue weighted by molar-refractivity contribution is -0.123. The summed E-state index contributed by atoms with van der Waals surface area (Å²) < 4.78 is 0. The molecule has 0 aromatic carbocycles. The number of carbonyl (C=O) groups is 1. The molecule has 1 amide bonds. The van der Waals surface area contributed by atoms with Crippen LogP contribution in [0.2, 0.25) is 0 Å². The van der Waals surface area contributed by atoms with E-state index >= 15 is 0 Å². The molecule has 1 rings (SSSR count). The van der Waals surface area contributed by atoms with E-state index in [2.05, 4.69) is 17.2 Å². The van der Waals surface area contributed by atoms with E-state index in [1.54, 1.807) is 6.20 Å². The van der Waals surface area contributed by atoms with Crippen molar-refractivity contribution in [2.24, 2.45) is 11.1 Å². The predicted molar refractivity (Wildman–Crippen MR) is 70.2 cm³/mol. The van der Waals surface area contributed by atoms with Crippen molar-refractivity contribution in [3.63, 3.8) is 0 Å². The van der Waals surface area contributed by atoms with Gasteiger partial charge in [0.15, 0.2) is 5.13 Å². The first-order valence-corrected chi connectivity index (χ1v) is 5.77. The fraction of sp³-hybridized carbons (Fsp3) is 0.600. The lowest BCUT2D eigenvalue weighted by atomic mass is 9.93. The molecule has 0 saturated carbocycles. The molecule has 92 valence electrons. The molecule has 0 aliphatic heterocycles. The zero-order valence-electron chi connectivity index (χ0n) is 9.74. The SMILES string of the molecule is CCc1cnc(NC(=O)C(C)(C)CN)s1.Cl. The molecule has 0 aliphatic rings. The number of thiazole rings is 1. The predicted octanol–water partition coefficient (Wildman–Crippen LogP) is 2.05. The van der Waals surface area contributed by atoms with Crippen molar-refractivity contribution < 1.29 is 4.79 Å². The Labute approximate surface area is 106 Å². The smallest absolute Gasteiger partial charge is 0.233 e. The Balaban J connectivity index is 0.00000225. The number of rotatable bonds is 4. The Morgan fingerprint density at radius 1 is 1.62 bits per heavy atom. The number of nitrogens with zero attached hydrogens (tertiary/aromatic N) is 1. The third kappa shape index (κ3) is 3.73. The third-order valence-electron chi connectivity index (χ3n) is 2.25. The van der Waals surface area contributed by atoms with E-state index in [4.69, 9.17) is 5.73 Å². The highest BCUT2D eigenvalue weighted by Gasteiger charge is 2.26. The Kier molecular flexibility index (Phi) is 5.92. The van der Waals surface area contributed by atoms with Gasteiger partial charge in [-0.2, -0.15) is 0 Å². The summed E-state index contributed by atoms with van der Waals surface area (Å²) in [4.78, 5) is 17.0. The van der Waals surface area contributed by atoms with Crippen LogP contribution in [0, 0.1) is 5.41 Å². The van der Waals surface area contributed by atoms with E-state index in [1.807, 2.05) is 13.8 Å². The second kappa shape index (κ2) is 6.18. The fourth-order valence-corrected chi connectivity index (χ4v) is 1.63. The number of amides is 1. The fourth-order valence-electron chi connectivity index (χ4n) is 0.888. The lowest BCUT2D eigenvalue weighted by Crippen LogP contribution is -2.37. The molecule has 16 heavy (non-hydrogen) atoms. The first-order chi connectivity index (χ1) is 6.99. The highest BCUT2D eigenvalue weighted by Crippen LogP contribution is 2.21. The van der Waals surface area contributed by atoms with Gasteiger partial charge in [0, 0.05) is 17.6 Å². The summed E-state index contributed by atoms with van der Waals surface area (Å²) in [6.45, 7) is 6.02. The second-order valence-electron chi connectivity index (χ2n) is 4.03. The Hall–Kier alpha value is -0.650. The molecule has 0 spiro atoms. The highest BCUT2D eigenvalue weighted by atomic mass is 35.5. The summed E-state index contributed by atoms with van der Waals surface area (Å²) in [5.41, 5.74) is 4.97. The van der Waals surface area contributed by atoms with Gasteiger partial charge in [-0.15, -0.1) is 23.7 Å². The van der Waals surface area contributed by atoms with E-state index in [-0.39, 0.29) is 18.3 Å². The van der Waals surface area contributed by atoms with Crippen molar-refractivity contribution >= 4 is 34.8 Å². The van der Waals surface area contributed by atoms with Crippen LogP contribution < -0.4 is 11.1 Å². The maximum absolute atomic E-state index is 11.7. The Morgan fingerprint density at radius 2 is 2.25 bits per heavy atom. The van der Waals surface area contributed by atoms with Crippen LogP contribution in [-0.2, 0) is 11.2 Å². The number of hydrogen-bond donors (Lipinski definition) is 2. The molecule has 3 N–H and O–H groups in total. The van der Waals surface area contributed by atoms with E-state index in [0.717, 1.165) is 11.3 Å². The molecule has 1 aromatic rings. The Morgan fingerprint density at radius 3 is 2.69 bits per heavy atom. The summed E-state index contributed by atoms with van der Waals surface area (Å²) in [6, 6.07) is 0. The molecule has 1 heterocycles. The van der Waals surface area contributed by atoms with Crippen LogP contribution in [0.15, 0.2) is 6.20 Å². The minimum atomic E-state index is -0.544. The second-order valence-corrected chi connectivity index (χ2v) is 5.14. The van der Waals surface area contributed by atoms with Crippen LogP contribution in [0.25, 0.3) is 0 Å². The standard InChI is InChI=1S/C10H17N3OS.ClH/c1-4-7-5-12-9(15-7)13-8(14)10(2,3)6-11;/h5H,4,6,11H2,1-3H3,(H,12,13,14);1H.